The number of hydrogen-bond donors (Lipinski definition) is 2. The number of carbonyl (C=O) groups is 1. The van der Waals surface area contributed by atoms with Crippen LogP contribution >= 0.6 is 0 Å². The molecule has 2 heterocycles. The van der Waals surface area contributed by atoms with Crippen molar-refractivity contribution < 1.29 is 19.4 Å². The fourth-order valence-corrected chi connectivity index (χ4v) is 3.04. The zero-order valence-corrected chi connectivity index (χ0v) is 14.3. The summed E-state index contributed by atoms with van der Waals surface area (Å²) >= 11 is 0. The molecule has 134 valence electrons. The summed E-state index contributed by atoms with van der Waals surface area (Å²) in [6.07, 6.45) is 2.82. The number of aliphatic hydroxyl groups is 1. The van der Waals surface area contributed by atoms with Gasteiger partial charge in [-0.05, 0) is 37.5 Å². The van der Waals surface area contributed by atoms with Gasteiger partial charge in [0.2, 0.25) is 0 Å². The van der Waals surface area contributed by atoms with E-state index in [1.807, 2.05) is 24.3 Å². The Morgan fingerprint density at radius 1 is 1.36 bits per heavy atom. The van der Waals surface area contributed by atoms with Crippen LogP contribution in [0.5, 0.6) is 11.5 Å². The highest BCUT2D eigenvalue weighted by Gasteiger charge is 2.28. The van der Waals surface area contributed by atoms with E-state index in [1.165, 1.54) is 0 Å². The molecule has 1 aliphatic heterocycles. The quantitative estimate of drug-likeness (QED) is 0.836. The average molecular weight is 345 g/mol. The molecule has 1 aromatic heterocycles. The first-order valence-corrected chi connectivity index (χ1v) is 8.45. The molecule has 0 unspecified atom stereocenters. The molecule has 2 N–H and O–H groups in total. The molecule has 1 saturated heterocycles. The predicted octanol–water partition coefficient (Wildman–Crippen LogP) is 1.98. The number of amides is 1. The largest absolute Gasteiger partial charge is 0.493 e. The van der Waals surface area contributed by atoms with Gasteiger partial charge in [0.1, 0.15) is 6.61 Å². The zero-order chi connectivity index (χ0) is 17.6. The molecule has 1 aliphatic rings. The van der Waals surface area contributed by atoms with Gasteiger partial charge in [-0.1, -0.05) is 12.1 Å². The average Bonchev–Trinajstić information content (AvgIpc) is 3.15. The van der Waals surface area contributed by atoms with Crippen LogP contribution < -0.4 is 9.47 Å². The van der Waals surface area contributed by atoms with E-state index in [4.69, 9.17) is 9.47 Å². The minimum absolute atomic E-state index is 0.0140. The molecular weight excluding hydrogens is 322 g/mol. The van der Waals surface area contributed by atoms with Gasteiger partial charge in [-0.15, -0.1) is 0 Å². The number of aromatic amines is 1. The molecule has 7 nitrogen and oxygen atoms in total. The van der Waals surface area contributed by atoms with Gasteiger partial charge < -0.3 is 19.5 Å². The van der Waals surface area contributed by atoms with Crippen molar-refractivity contribution >= 4 is 5.91 Å². The molecule has 0 bridgehead atoms. The number of hydrogen-bond acceptors (Lipinski definition) is 5. The molecule has 1 fully saturated rings. The van der Waals surface area contributed by atoms with Crippen LogP contribution in [0.1, 0.15) is 35.4 Å². The molecule has 0 saturated carbocycles. The summed E-state index contributed by atoms with van der Waals surface area (Å²) in [5.41, 5.74) is 1.05. The number of piperidine rings is 1. The lowest BCUT2D eigenvalue weighted by molar-refractivity contribution is 0.0497. The number of rotatable bonds is 6. The number of aliphatic hydroxyl groups excluding tert-OH is 1. The number of carbonyl (C=O) groups excluding carboxylic acids is 1. The lowest BCUT2D eigenvalue weighted by Crippen LogP contribution is -2.45. The highest BCUT2D eigenvalue weighted by Crippen LogP contribution is 2.26. The minimum Gasteiger partial charge on any atom is -0.493 e. The van der Waals surface area contributed by atoms with Crippen molar-refractivity contribution in [2.45, 2.75) is 31.9 Å². The Balaban J connectivity index is 1.64. The van der Waals surface area contributed by atoms with Gasteiger partial charge >= 0.3 is 0 Å². The first kappa shape index (κ1) is 17.3. The minimum atomic E-state index is -0.154. The predicted molar refractivity (Wildman–Crippen MR) is 91.7 cm³/mol. The van der Waals surface area contributed by atoms with E-state index < -0.39 is 0 Å². The topological polar surface area (TPSA) is 87.7 Å². The van der Waals surface area contributed by atoms with E-state index in [9.17, 15) is 9.90 Å². The van der Waals surface area contributed by atoms with Crippen LogP contribution in [0.4, 0.5) is 0 Å². The third-order valence-corrected chi connectivity index (χ3v) is 4.40. The van der Waals surface area contributed by atoms with Crippen LogP contribution in [0.25, 0.3) is 0 Å². The van der Waals surface area contributed by atoms with Crippen LogP contribution in [0.3, 0.4) is 0 Å². The second kappa shape index (κ2) is 8.02. The van der Waals surface area contributed by atoms with Gasteiger partial charge in [-0.2, -0.15) is 5.10 Å². The molecule has 0 aliphatic carbocycles. The molecule has 25 heavy (non-hydrogen) atoms. The van der Waals surface area contributed by atoms with Gasteiger partial charge in [-0.3, -0.25) is 9.89 Å². The Hall–Kier alpha value is -2.54. The van der Waals surface area contributed by atoms with E-state index in [0.717, 1.165) is 19.3 Å². The van der Waals surface area contributed by atoms with Gasteiger partial charge in [-0.25, -0.2) is 0 Å². The summed E-state index contributed by atoms with van der Waals surface area (Å²) in [5, 5.41) is 16.4. The standard InChI is InChI=1S/C18H23N3O4/c1-24-16-7-2-3-8-17(16)25-12-13-10-15(20-19-13)18(23)21-9-5-4-6-14(21)11-22/h2-3,7-8,10,14,22H,4-6,9,11-12H2,1H3,(H,19,20)/t14-/m1/s1. The Morgan fingerprint density at radius 3 is 2.92 bits per heavy atom. The van der Waals surface area contributed by atoms with Gasteiger partial charge in [0, 0.05) is 6.54 Å². The normalized spacial score (nSPS) is 17.4. The van der Waals surface area contributed by atoms with Crippen molar-refractivity contribution in [2.75, 3.05) is 20.3 Å². The summed E-state index contributed by atoms with van der Waals surface area (Å²) in [5.74, 6) is 1.12. The number of nitrogens with one attached hydrogen (secondary N) is 1. The molecule has 1 aromatic carbocycles. The van der Waals surface area contributed by atoms with Crippen LogP contribution in [0.15, 0.2) is 30.3 Å². The third kappa shape index (κ3) is 3.93. The van der Waals surface area contributed by atoms with E-state index in [-0.39, 0.29) is 25.2 Å². The third-order valence-electron chi connectivity index (χ3n) is 4.40. The summed E-state index contributed by atoms with van der Waals surface area (Å²) in [7, 11) is 1.59. The maximum absolute atomic E-state index is 12.6. The van der Waals surface area contributed by atoms with Crippen molar-refractivity contribution in [3.63, 3.8) is 0 Å². The van der Waals surface area contributed by atoms with E-state index in [2.05, 4.69) is 10.2 Å². The number of nitrogens with zero attached hydrogens (tertiary/aromatic N) is 2. The fraction of sp³-hybridized carbons (Fsp3) is 0.444. The Bertz CT molecular complexity index is 716. The molecule has 3 rings (SSSR count). The molecular formula is C18H23N3O4. The lowest BCUT2D eigenvalue weighted by atomic mass is 10.0. The molecule has 0 radical (unpaired) electrons. The maximum atomic E-state index is 12.6. The monoisotopic (exact) mass is 345 g/mol. The molecule has 1 atom stereocenters. The number of methoxy groups -OCH3 is 1. The van der Waals surface area contributed by atoms with Crippen LogP contribution in [-0.2, 0) is 6.61 Å². The highest BCUT2D eigenvalue weighted by molar-refractivity contribution is 5.92. The fourth-order valence-electron chi connectivity index (χ4n) is 3.04. The van der Waals surface area contributed by atoms with Crippen LogP contribution in [0.2, 0.25) is 0 Å². The summed E-state index contributed by atoms with van der Waals surface area (Å²) in [6, 6.07) is 8.95. The highest BCUT2D eigenvalue weighted by atomic mass is 16.5. The zero-order valence-electron chi connectivity index (χ0n) is 14.3. The smallest absolute Gasteiger partial charge is 0.274 e. The summed E-state index contributed by atoms with van der Waals surface area (Å²) < 4.78 is 11.0. The molecule has 2 aromatic rings. The number of aromatic nitrogens is 2. The summed E-state index contributed by atoms with van der Waals surface area (Å²) in [6.45, 7) is 0.897. The van der Waals surface area contributed by atoms with Crippen molar-refractivity contribution in [1.82, 2.24) is 15.1 Å². The Labute approximate surface area is 146 Å². The summed E-state index contributed by atoms with van der Waals surface area (Å²) in [4.78, 5) is 14.3. The van der Waals surface area contributed by atoms with Crippen molar-refractivity contribution in [2.24, 2.45) is 0 Å². The Morgan fingerprint density at radius 2 is 2.16 bits per heavy atom. The van der Waals surface area contributed by atoms with E-state index in [0.29, 0.717) is 29.4 Å². The lowest BCUT2D eigenvalue weighted by Gasteiger charge is -2.34. The van der Waals surface area contributed by atoms with Crippen LogP contribution in [0, 0.1) is 0 Å². The molecule has 0 spiro atoms. The SMILES string of the molecule is COc1ccccc1OCc1cc(C(=O)N2CCCC[C@@H]2CO)n[nH]1. The van der Waals surface area contributed by atoms with Crippen molar-refractivity contribution in [3.05, 3.63) is 41.7 Å². The first-order valence-electron chi connectivity index (χ1n) is 8.45. The van der Waals surface area contributed by atoms with Gasteiger partial charge in [0.15, 0.2) is 17.2 Å². The number of H-pyrrole nitrogens is 1. The Kier molecular flexibility index (Phi) is 5.55. The van der Waals surface area contributed by atoms with Crippen molar-refractivity contribution in [1.29, 1.82) is 0 Å². The second-order valence-corrected chi connectivity index (χ2v) is 6.05. The maximum Gasteiger partial charge on any atom is 0.274 e. The second-order valence-electron chi connectivity index (χ2n) is 6.05. The number of ether oxygens (including phenoxy) is 2. The van der Waals surface area contributed by atoms with E-state index >= 15 is 0 Å². The van der Waals surface area contributed by atoms with Crippen molar-refractivity contribution in [3.8, 4) is 11.5 Å². The number of benzene rings is 1. The van der Waals surface area contributed by atoms with E-state index in [1.54, 1.807) is 18.1 Å². The number of likely N-dealkylation sites (tertiary alicyclic amines) is 1. The molecule has 1 amide bonds. The number of para-hydroxylation sites is 2. The van der Waals surface area contributed by atoms with Crippen LogP contribution in [-0.4, -0.2) is 52.4 Å². The van der Waals surface area contributed by atoms with Gasteiger partial charge in [0.25, 0.3) is 5.91 Å². The first-order chi connectivity index (χ1) is 12.2. The molecule has 7 heteroatoms. The van der Waals surface area contributed by atoms with Gasteiger partial charge in [0.05, 0.1) is 25.5 Å².